The van der Waals surface area contributed by atoms with Crippen molar-refractivity contribution in [2.24, 2.45) is 0 Å². The zero-order valence-corrected chi connectivity index (χ0v) is 16.7. The molecule has 1 aromatic heterocycles. The molecule has 0 aliphatic heterocycles. The van der Waals surface area contributed by atoms with Crippen molar-refractivity contribution in [3.8, 4) is 11.1 Å². The summed E-state index contributed by atoms with van der Waals surface area (Å²) in [5, 5.41) is 9.45. The van der Waals surface area contributed by atoms with Gasteiger partial charge < -0.3 is 5.11 Å². The van der Waals surface area contributed by atoms with E-state index >= 15 is 0 Å². The Bertz CT molecular complexity index is 1290. The molecular weight excluding hydrogens is 376 g/mol. The number of hydrogen-bond donors (Lipinski definition) is 1. The van der Waals surface area contributed by atoms with Crippen LogP contribution in [0.5, 0.6) is 0 Å². The molecule has 0 spiro atoms. The van der Waals surface area contributed by atoms with E-state index in [1.54, 1.807) is 23.0 Å². The predicted molar refractivity (Wildman–Crippen MR) is 118 cm³/mol. The van der Waals surface area contributed by atoms with Gasteiger partial charge in [0.25, 0.3) is 5.56 Å². The molecular formula is C25H22N2O3. The van der Waals surface area contributed by atoms with Gasteiger partial charge in [-0.15, -0.1) is 0 Å². The second kappa shape index (κ2) is 8.43. The Kier molecular flexibility index (Phi) is 5.55. The number of aryl methyl sites for hydroxylation is 3. The highest BCUT2D eigenvalue weighted by atomic mass is 16.3. The fourth-order valence-corrected chi connectivity index (χ4v) is 3.62. The molecule has 0 bridgehead atoms. The van der Waals surface area contributed by atoms with Crippen molar-refractivity contribution in [2.75, 3.05) is 6.61 Å². The van der Waals surface area contributed by atoms with Gasteiger partial charge in [-0.3, -0.25) is 14.2 Å². The highest BCUT2D eigenvalue weighted by molar-refractivity contribution is 5.99. The van der Waals surface area contributed by atoms with Gasteiger partial charge in [0.2, 0.25) is 0 Å². The third kappa shape index (κ3) is 3.93. The molecule has 30 heavy (non-hydrogen) atoms. The van der Waals surface area contributed by atoms with E-state index in [1.807, 2.05) is 18.2 Å². The predicted octanol–water partition coefficient (Wildman–Crippen LogP) is 3.79. The van der Waals surface area contributed by atoms with Crippen molar-refractivity contribution in [1.82, 2.24) is 9.55 Å². The molecule has 4 rings (SSSR count). The van der Waals surface area contributed by atoms with Gasteiger partial charge >= 0.3 is 0 Å². The SMILES string of the molecule is Cc1ccccc1-c1cccc(CCn2cnc3ccc(C(=O)CO)cc3c2=O)c1. The minimum absolute atomic E-state index is 0.192. The number of carbonyl (C=O) groups excluding carboxylic acids is 1. The molecule has 0 fully saturated rings. The molecule has 5 heteroatoms. The van der Waals surface area contributed by atoms with E-state index in [4.69, 9.17) is 5.11 Å². The van der Waals surface area contributed by atoms with Crippen LogP contribution in [-0.2, 0) is 13.0 Å². The summed E-state index contributed by atoms with van der Waals surface area (Å²) in [7, 11) is 0. The number of nitrogens with zero attached hydrogens (tertiary/aromatic N) is 2. The molecule has 0 saturated carbocycles. The van der Waals surface area contributed by atoms with E-state index in [9.17, 15) is 9.59 Å². The van der Waals surface area contributed by atoms with Gasteiger partial charge in [0.1, 0.15) is 6.61 Å². The fourth-order valence-electron chi connectivity index (χ4n) is 3.62. The lowest BCUT2D eigenvalue weighted by atomic mass is 9.98. The monoisotopic (exact) mass is 398 g/mol. The van der Waals surface area contributed by atoms with Crippen LogP contribution < -0.4 is 5.56 Å². The first-order valence-corrected chi connectivity index (χ1v) is 9.85. The van der Waals surface area contributed by atoms with Crippen LogP contribution in [0.3, 0.4) is 0 Å². The number of rotatable bonds is 6. The number of aliphatic hydroxyl groups excluding tert-OH is 1. The number of fused-ring (bicyclic) bond motifs is 1. The van der Waals surface area contributed by atoms with Crippen molar-refractivity contribution in [3.05, 3.63) is 100 Å². The number of ketones is 1. The standard InChI is InChI=1S/C25H22N2O3/c1-17-5-2-3-8-21(17)19-7-4-6-18(13-19)11-12-27-16-26-23-10-9-20(24(29)15-28)14-22(23)25(27)30/h2-10,13-14,16,28H,11-12,15H2,1H3. The van der Waals surface area contributed by atoms with Gasteiger partial charge in [-0.2, -0.15) is 0 Å². The average Bonchev–Trinajstić information content (AvgIpc) is 2.78. The van der Waals surface area contributed by atoms with E-state index in [1.165, 1.54) is 17.2 Å². The smallest absolute Gasteiger partial charge is 0.261 e. The summed E-state index contributed by atoms with van der Waals surface area (Å²) in [6.07, 6.45) is 2.23. The lowest BCUT2D eigenvalue weighted by Gasteiger charge is -2.10. The molecule has 0 aliphatic rings. The summed E-state index contributed by atoms with van der Waals surface area (Å²) in [6.45, 7) is 1.99. The van der Waals surface area contributed by atoms with E-state index < -0.39 is 12.4 Å². The maximum atomic E-state index is 12.9. The Labute approximate surface area is 174 Å². The molecule has 1 heterocycles. The van der Waals surface area contributed by atoms with Gasteiger partial charge in [0, 0.05) is 12.1 Å². The quantitative estimate of drug-likeness (QED) is 0.502. The third-order valence-electron chi connectivity index (χ3n) is 5.31. The zero-order chi connectivity index (χ0) is 21.1. The van der Waals surface area contributed by atoms with Crippen LogP contribution in [0.25, 0.3) is 22.0 Å². The normalized spacial score (nSPS) is 11.0. The van der Waals surface area contributed by atoms with Gasteiger partial charge in [-0.25, -0.2) is 4.98 Å². The average molecular weight is 398 g/mol. The Morgan fingerprint density at radius 2 is 1.87 bits per heavy atom. The van der Waals surface area contributed by atoms with E-state index in [0.29, 0.717) is 29.4 Å². The summed E-state index contributed by atoms with van der Waals surface area (Å²) in [5.41, 5.74) is 5.36. The molecule has 1 N–H and O–H groups in total. The van der Waals surface area contributed by atoms with Gasteiger partial charge in [-0.05, 0) is 53.8 Å². The maximum absolute atomic E-state index is 12.9. The van der Waals surface area contributed by atoms with E-state index in [-0.39, 0.29) is 5.56 Å². The van der Waals surface area contributed by atoms with Crippen LogP contribution in [0.4, 0.5) is 0 Å². The van der Waals surface area contributed by atoms with Crippen molar-refractivity contribution in [2.45, 2.75) is 19.9 Å². The third-order valence-corrected chi connectivity index (χ3v) is 5.31. The number of hydrogen-bond acceptors (Lipinski definition) is 4. The fraction of sp³-hybridized carbons (Fsp3) is 0.160. The van der Waals surface area contributed by atoms with E-state index in [2.05, 4.69) is 42.2 Å². The van der Waals surface area contributed by atoms with Crippen LogP contribution in [0, 0.1) is 6.92 Å². The summed E-state index contributed by atoms with van der Waals surface area (Å²) in [5.74, 6) is -0.417. The summed E-state index contributed by atoms with van der Waals surface area (Å²) in [4.78, 5) is 29.0. The van der Waals surface area contributed by atoms with E-state index in [0.717, 1.165) is 11.1 Å². The summed E-state index contributed by atoms with van der Waals surface area (Å²) in [6, 6.07) is 21.3. The first-order valence-electron chi connectivity index (χ1n) is 9.85. The first-order chi connectivity index (χ1) is 14.6. The van der Waals surface area contributed by atoms with Crippen LogP contribution in [0.2, 0.25) is 0 Å². The van der Waals surface area contributed by atoms with Gasteiger partial charge in [-0.1, -0.05) is 48.5 Å². The number of aliphatic hydroxyl groups is 1. The number of Topliss-reactive ketones (excluding diaryl/α,β-unsaturated/α-hetero) is 1. The highest BCUT2D eigenvalue weighted by Gasteiger charge is 2.10. The molecule has 5 nitrogen and oxygen atoms in total. The van der Waals surface area contributed by atoms with Crippen LogP contribution in [0.15, 0.2) is 77.9 Å². The van der Waals surface area contributed by atoms with Crippen LogP contribution in [0.1, 0.15) is 21.5 Å². The second-order valence-corrected chi connectivity index (χ2v) is 7.32. The molecule has 3 aromatic carbocycles. The first kappa shape index (κ1) is 19.7. The van der Waals surface area contributed by atoms with Crippen LogP contribution in [-0.4, -0.2) is 27.0 Å². The molecule has 150 valence electrons. The van der Waals surface area contributed by atoms with Crippen molar-refractivity contribution in [1.29, 1.82) is 0 Å². The molecule has 0 amide bonds. The Morgan fingerprint density at radius 1 is 1.03 bits per heavy atom. The minimum Gasteiger partial charge on any atom is -0.388 e. The van der Waals surface area contributed by atoms with Crippen molar-refractivity contribution in [3.63, 3.8) is 0 Å². The molecule has 0 unspecified atom stereocenters. The molecule has 0 atom stereocenters. The second-order valence-electron chi connectivity index (χ2n) is 7.32. The topological polar surface area (TPSA) is 72.2 Å². The Balaban J connectivity index is 1.60. The van der Waals surface area contributed by atoms with Crippen LogP contribution >= 0.6 is 0 Å². The maximum Gasteiger partial charge on any atom is 0.261 e. The largest absolute Gasteiger partial charge is 0.388 e. The number of aromatic nitrogens is 2. The molecule has 0 saturated heterocycles. The summed E-state index contributed by atoms with van der Waals surface area (Å²) >= 11 is 0. The highest BCUT2D eigenvalue weighted by Crippen LogP contribution is 2.24. The van der Waals surface area contributed by atoms with Crippen molar-refractivity contribution < 1.29 is 9.90 Å². The lowest BCUT2D eigenvalue weighted by Crippen LogP contribution is -2.22. The molecule has 0 radical (unpaired) electrons. The molecule has 4 aromatic rings. The Morgan fingerprint density at radius 3 is 2.67 bits per heavy atom. The molecule has 0 aliphatic carbocycles. The van der Waals surface area contributed by atoms with Gasteiger partial charge in [0.05, 0.1) is 17.2 Å². The van der Waals surface area contributed by atoms with Gasteiger partial charge in [0.15, 0.2) is 5.78 Å². The summed E-state index contributed by atoms with van der Waals surface area (Å²) < 4.78 is 1.57. The minimum atomic E-state index is -0.586. The number of benzene rings is 3. The zero-order valence-electron chi connectivity index (χ0n) is 16.7. The Hall–Kier alpha value is -3.57. The lowest BCUT2D eigenvalue weighted by molar-refractivity contribution is 0.0904. The van der Waals surface area contributed by atoms with Crippen molar-refractivity contribution >= 4 is 16.7 Å². The number of carbonyl (C=O) groups is 1.